The normalized spacial score (nSPS) is 10.7. The Balaban J connectivity index is 1.84. The van der Waals surface area contributed by atoms with Gasteiger partial charge >= 0.3 is 0 Å². The quantitative estimate of drug-likeness (QED) is 0.770. The fourth-order valence-corrected chi connectivity index (χ4v) is 3.07. The number of nitrogens with zero attached hydrogens (tertiary/aromatic N) is 4. The van der Waals surface area contributed by atoms with Crippen LogP contribution in [0.15, 0.2) is 23.7 Å². The molecule has 0 saturated carbocycles. The summed E-state index contributed by atoms with van der Waals surface area (Å²) in [6, 6.07) is 3.77. The van der Waals surface area contributed by atoms with Crippen LogP contribution in [0.5, 0.6) is 0 Å². The van der Waals surface area contributed by atoms with Crippen molar-refractivity contribution in [2.75, 3.05) is 11.1 Å². The van der Waals surface area contributed by atoms with Gasteiger partial charge in [0.15, 0.2) is 0 Å². The number of aromatic nitrogens is 4. The SMILES string of the molecule is Cc1nc(-c2c(N)nsc2NCc2cccnn2)cs1. The van der Waals surface area contributed by atoms with Crippen LogP contribution in [0.4, 0.5) is 10.8 Å². The second kappa shape index (κ2) is 5.51. The molecule has 3 aromatic rings. The summed E-state index contributed by atoms with van der Waals surface area (Å²) in [7, 11) is 0. The molecule has 0 aliphatic carbocycles. The third-order valence-electron chi connectivity index (χ3n) is 2.65. The van der Waals surface area contributed by atoms with E-state index < -0.39 is 0 Å². The van der Waals surface area contributed by atoms with Crippen molar-refractivity contribution < 1.29 is 0 Å². The number of aryl methyl sites for hydroxylation is 1. The fourth-order valence-electron chi connectivity index (χ4n) is 1.75. The molecule has 0 radical (unpaired) electrons. The molecule has 3 heterocycles. The molecule has 0 atom stereocenters. The molecule has 102 valence electrons. The van der Waals surface area contributed by atoms with Gasteiger partial charge < -0.3 is 11.1 Å². The predicted octanol–water partition coefficient (Wildman–Crippen LogP) is 2.56. The highest BCUT2D eigenvalue weighted by Gasteiger charge is 2.16. The molecule has 0 saturated heterocycles. The van der Waals surface area contributed by atoms with E-state index in [1.54, 1.807) is 17.5 Å². The van der Waals surface area contributed by atoms with Crippen molar-refractivity contribution in [2.45, 2.75) is 13.5 Å². The zero-order valence-corrected chi connectivity index (χ0v) is 12.3. The molecular weight excluding hydrogens is 292 g/mol. The van der Waals surface area contributed by atoms with Gasteiger partial charge in [-0.3, -0.25) is 0 Å². The lowest BCUT2D eigenvalue weighted by atomic mass is 10.2. The second-order valence-electron chi connectivity index (χ2n) is 4.09. The molecule has 3 N–H and O–H groups in total. The lowest BCUT2D eigenvalue weighted by molar-refractivity contribution is 0.927. The summed E-state index contributed by atoms with van der Waals surface area (Å²) in [6.45, 7) is 2.54. The van der Waals surface area contributed by atoms with Crippen molar-refractivity contribution >= 4 is 33.7 Å². The van der Waals surface area contributed by atoms with E-state index in [2.05, 4.69) is 24.9 Å². The molecular formula is C12H12N6S2. The summed E-state index contributed by atoms with van der Waals surface area (Å²) in [5.74, 6) is 0.502. The summed E-state index contributed by atoms with van der Waals surface area (Å²) in [5.41, 5.74) is 8.53. The first-order chi connectivity index (χ1) is 9.74. The molecule has 0 aliphatic rings. The lowest BCUT2D eigenvalue weighted by Gasteiger charge is -2.04. The van der Waals surface area contributed by atoms with Crippen molar-refractivity contribution in [2.24, 2.45) is 0 Å². The largest absolute Gasteiger partial charge is 0.382 e. The number of thiazole rings is 1. The highest BCUT2D eigenvalue weighted by Crippen LogP contribution is 2.37. The summed E-state index contributed by atoms with van der Waals surface area (Å²) in [5, 5.41) is 15.1. The minimum Gasteiger partial charge on any atom is -0.382 e. The Hall–Kier alpha value is -2.06. The molecule has 3 aromatic heterocycles. The molecule has 0 fully saturated rings. The zero-order valence-electron chi connectivity index (χ0n) is 10.7. The standard InChI is InChI=1S/C12H12N6S2/c1-7-16-9(6-19-7)10-11(13)18-20-12(10)14-5-8-3-2-4-15-17-8/h2-4,6,14H,5H2,1H3,(H2,13,18). The number of nitrogen functional groups attached to an aromatic ring is 1. The van der Waals surface area contributed by atoms with Crippen LogP contribution in [0, 0.1) is 6.92 Å². The molecule has 0 bridgehead atoms. The molecule has 20 heavy (non-hydrogen) atoms. The fraction of sp³-hybridized carbons (Fsp3) is 0.167. The van der Waals surface area contributed by atoms with Crippen molar-refractivity contribution in [3.05, 3.63) is 34.4 Å². The van der Waals surface area contributed by atoms with Gasteiger partial charge in [0.05, 0.1) is 28.5 Å². The Labute approximate surface area is 123 Å². The van der Waals surface area contributed by atoms with Gasteiger partial charge in [0.1, 0.15) is 10.8 Å². The van der Waals surface area contributed by atoms with Gasteiger partial charge in [-0.15, -0.1) is 11.3 Å². The number of nitrogens with two attached hydrogens (primary N) is 1. The molecule has 0 aliphatic heterocycles. The van der Waals surface area contributed by atoms with E-state index in [-0.39, 0.29) is 0 Å². The van der Waals surface area contributed by atoms with Gasteiger partial charge in [0.2, 0.25) is 0 Å². The van der Waals surface area contributed by atoms with Crippen LogP contribution in [-0.2, 0) is 6.54 Å². The van der Waals surface area contributed by atoms with Gasteiger partial charge in [-0.25, -0.2) is 4.98 Å². The van der Waals surface area contributed by atoms with Gasteiger partial charge in [-0.2, -0.15) is 14.6 Å². The van der Waals surface area contributed by atoms with E-state index in [1.807, 2.05) is 24.4 Å². The van der Waals surface area contributed by atoms with Crippen LogP contribution in [0.25, 0.3) is 11.3 Å². The monoisotopic (exact) mass is 304 g/mol. The maximum absolute atomic E-state index is 5.95. The average Bonchev–Trinajstić information content (AvgIpc) is 3.03. The van der Waals surface area contributed by atoms with Gasteiger partial charge in [0, 0.05) is 11.6 Å². The molecule has 6 nitrogen and oxygen atoms in total. The number of hydrogen-bond donors (Lipinski definition) is 2. The number of nitrogens with one attached hydrogen (secondary N) is 1. The van der Waals surface area contributed by atoms with E-state index in [1.165, 1.54) is 11.5 Å². The van der Waals surface area contributed by atoms with Crippen molar-refractivity contribution in [1.29, 1.82) is 0 Å². The number of hydrogen-bond acceptors (Lipinski definition) is 8. The first-order valence-electron chi connectivity index (χ1n) is 5.92. The third-order valence-corrected chi connectivity index (χ3v) is 4.24. The van der Waals surface area contributed by atoms with E-state index in [9.17, 15) is 0 Å². The Morgan fingerprint density at radius 2 is 2.30 bits per heavy atom. The van der Waals surface area contributed by atoms with Gasteiger partial charge in [-0.1, -0.05) is 0 Å². The Morgan fingerprint density at radius 3 is 3.00 bits per heavy atom. The van der Waals surface area contributed by atoms with Crippen LogP contribution < -0.4 is 11.1 Å². The number of anilines is 2. The van der Waals surface area contributed by atoms with Crippen LogP contribution in [0.2, 0.25) is 0 Å². The summed E-state index contributed by atoms with van der Waals surface area (Å²) < 4.78 is 4.20. The molecule has 8 heteroatoms. The Bertz CT molecular complexity index is 706. The van der Waals surface area contributed by atoms with Gasteiger partial charge in [0.25, 0.3) is 0 Å². The maximum atomic E-state index is 5.95. The molecule has 0 amide bonds. The van der Waals surface area contributed by atoms with Crippen LogP contribution >= 0.6 is 22.9 Å². The van der Waals surface area contributed by atoms with Crippen LogP contribution in [-0.4, -0.2) is 19.6 Å². The van der Waals surface area contributed by atoms with Crippen molar-refractivity contribution in [1.82, 2.24) is 19.6 Å². The van der Waals surface area contributed by atoms with Crippen molar-refractivity contribution in [3.8, 4) is 11.3 Å². The molecule has 3 rings (SSSR count). The summed E-state index contributed by atoms with van der Waals surface area (Å²) in [6.07, 6.45) is 1.65. The van der Waals surface area contributed by atoms with E-state index in [0.29, 0.717) is 12.4 Å². The first-order valence-corrected chi connectivity index (χ1v) is 7.57. The smallest absolute Gasteiger partial charge is 0.148 e. The van der Waals surface area contributed by atoms with E-state index >= 15 is 0 Å². The summed E-state index contributed by atoms with van der Waals surface area (Å²) >= 11 is 2.92. The van der Waals surface area contributed by atoms with Crippen LogP contribution in [0.1, 0.15) is 10.7 Å². The zero-order chi connectivity index (χ0) is 13.9. The first kappa shape index (κ1) is 12.9. The van der Waals surface area contributed by atoms with Crippen molar-refractivity contribution in [3.63, 3.8) is 0 Å². The predicted molar refractivity (Wildman–Crippen MR) is 81.7 cm³/mol. The van der Waals surface area contributed by atoms with E-state index in [0.717, 1.165) is 27.0 Å². The van der Waals surface area contributed by atoms with Crippen LogP contribution in [0.3, 0.4) is 0 Å². The van der Waals surface area contributed by atoms with E-state index in [4.69, 9.17) is 5.73 Å². The highest BCUT2D eigenvalue weighted by atomic mass is 32.1. The Kier molecular flexibility index (Phi) is 3.57. The topological polar surface area (TPSA) is 89.6 Å². The molecule has 0 spiro atoms. The maximum Gasteiger partial charge on any atom is 0.148 e. The number of rotatable bonds is 4. The minimum atomic E-state index is 0.502. The lowest BCUT2D eigenvalue weighted by Crippen LogP contribution is -2.02. The second-order valence-corrected chi connectivity index (χ2v) is 5.93. The van der Waals surface area contributed by atoms with Gasteiger partial charge in [-0.05, 0) is 30.6 Å². The average molecular weight is 304 g/mol. The highest BCUT2D eigenvalue weighted by molar-refractivity contribution is 7.11. The molecule has 0 aromatic carbocycles. The Morgan fingerprint density at radius 1 is 1.40 bits per heavy atom. The third kappa shape index (κ3) is 2.61. The minimum absolute atomic E-state index is 0.502. The summed E-state index contributed by atoms with van der Waals surface area (Å²) in [4.78, 5) is 4.47. The molecule has 0 unspecified atom stereocenters.